The molecule has 1 aliphatic heterocycles. The number of rotatable bonds is 5. The molecule has 1 aromatic heterocycles. The van der Waals surface area contributed by atoms with Crippen LogP contribution in [0.2, 0.25) is 0 Å². The van der Waals surface area contributed by atoms with Crippen LogP contribution in [0.3, 0.4) is 0 Å². The highest BCUT2D eigenvalue weighted by Gasteiger charge is 2.51. The van der Waals surface area contributed by atoms with Gasteiger partial charge in [-0.3, -0.25) is 14.4 Å². The van der Waals surface area contributed by atoms with Gasteiger partial charge in [0, 0.05) is 20.8 Å². The highest BCUT2D eigenvalue weighted by Crippen LogP contribution is 2.33. The smallest absolute Gasteiger partial charge is 0.303 e. The van der Waals surface area contributed by atoms with Crippen LogP contribution in [0.4, 0.5) is 0 Å². The van der Waals surface area contributed by atoms with Crippen molar-refractivity contribution in [3.05, 3.63) is 12.2 Å². The van der Waals surface area contributed by atoms with Crippen molar-refractivity contribution in [1.29, 1.82) is 5.26 Å². The molecule has 0 aliphatic carbocycles. The average molecular weight is 352 g/mol. The topological polar surface area (TPSA) is 143 Å². The predicted octanol–water partition coefficient (Wildman–Crippen LogP) is -0.526. The monoisotopic (exact) mass is 352 g/mol. The van der Waals surface area contributed by atoms with Gasteiger partial charge in [0.25, 0.3) is 5.82 Å². The Balaban J connectivity index is 2.32. The second-order valence-corrected chi connectivity index (χ2v) is 5.18. The zero-order valence-electron chi connectivity index (χ0n) is 13.7. The summed E-state index contributed by atoms with van der Waals surface area (Å²) >= 11 is 0. The summed E-state index contributed by atoms with van der Waals surface area (Å²) in [6.07, 6.45) is -2.77. The first-order chi connectivity index (χ1) is 11.8. The van der Waals surface area contributed by atoms with E-state index in [2.05, 4.69) is 10.1 Å². The number of carbonyl (C=O) groups excluding carboxylic acids is 3. The van der Waals surface area contributed by atoms with Crippen LogP contribution in [-0.4, -0.2) is 57.6 Å². The molecule has 0 spiro atoms. The van der Waals surface area contributed by atoms with E-state index >= 15 is 0 Å². The lowest BCUT2D eigenvalue weighted by atomic mass is 10.1. The van der Waals surface area contributed by atoms with Gasteiger partial charge in [0.2, 0.25) is 0 Å². The summed E-state index contributed by atoms with van der Waals surface area (Å²) in [7, 11) is 0. The quantitative estimate of drug-likeness (QED) is 0.501. The van der Waals surface area contributed by atoms with Crippen molar-refractivity contribution in [3.8, 4) is 6.07 Å². The van der Waals surface area contributed by atoms with Crippen molar-refractivity contribution < 1.29 is 33.3 Å². The second kappa shape index (κ2) is 7.71. The Kier molecular flexibility index (Phi) is 5.66. The Morgan fingerprint density at radius 3 is 2.36 bits per heavy atom. The standard InChI is InChI=1S/C14H16N4O7/c1-7(19)22-5-10-12(23-8(2)20)13(24-9(3)21)14(25-10)18-6-16-11(4-15)17-18/h6,10,12-14H,5H2,1-3H3/t10-,12-,13-,14-/m0/s1. The van der Waals surface area contributed by atoms with Gasteiger partial charge in [-0.15, -0.1) is 5.10 Å². The van der Waals surface area contributed by atoms with Crippen molar-refractivity contribution in [3.63, 3.8) is 0 Å². The van der Waals surface area contributed by atoms with Gasteiger partial charge >= 0.3 is 17.9 Å². The molecule has 0 radical (unpaired) electrons. The largest absolute Gasteiger partial charge is 0.463 e. The van der Waals surface area contributed by atoms with Crippen molar-refractivity contribution in [1.82, 2.24) is 14.8 Å². The third-order valence-electron chi connectivity index (χ3n) is 3.21. The molecule has 0 unspecified atom stereocenters. The minimum absolute atomic E-state index is 0.113. The van der Waals surface area contributed by atoms with E-state index in [0.717, 1.165) is 0 Å². The zero-order valence-corrected chi connectivity index (χ0v) is 13.7. The second-order valence-electron chi connectivity index (χ2n) is 5.18. The zero-order chi connectivity index (χ0) is 18.6. The van der Waals surface area contributed by atoms with Crippen molar-refractivity contribution in [2.75, 3.05) is 6.61 Å². The molecule has 4 atom stereocenters. The minimum Gasteiger partial charge on any atom is -0.463 e. The molecular weight excluding hydrogens is 336 g/mol. The molecule has 0 saturated carbocycles. The fraction of sp³-hybridized carbons (Fsp3) is 0.571. The first-order valence-electron chi connectivity index (χ1n) is 7.26. The Labute approximate surface area is 142 Å². The first kappa shape index (κ1) is 18.3. The maximum absolute atomic E-state index is 11.4. The SMILES string of the molecule is CC(=O)OC[C@@H]1O[C@H](n2cnc(C#N)n2)[C@@H](OC(C)=O)[C@H]1OC(C)=O. The fourth-order valence-electron chi connectivity index (χ4n) is 2.35. The number of ether oxygens (including phenoxy) is 4. The lowest BCUT2D eigenvalue weighted by Gasteiger charge is -2.23. The van der Waals surface area contributed by atoms with Crippen LogP contribution in [0.1, 0.15) is 32.8 Å². The van der Waals surface area contributed by atoms with Gasteiger partial charge in [0.1, 0.15) is 25.1 Å². The summed E-state index contributed by atoms with van der Waals surface area (Å²) in [5.74, 6) is -1.93. The summed E-state index contributed by atoms with van der Waals surface area (Å²) in [4.78, 5) is 37.6. The first-order valence-corrected chi connectivity index (χ1v) is 7.26. The van der Waals surface area contributed by atoms with E-state index < -0.39 is 42.4 Å². The minimum atomic E-state index is -1.06. The van der Waals surface area contributed by atoms with Crippen LogP contribution in [0.15, 0.2) is 6.33 Å². The molecule has 1 aliphatic rings. The molecule has 1 fully saturated rings. The third kappa shape index (κ3) is 4.51. The summed E-state index contributed by atoms with van der Waals surface area (Å²) in [6, 6.07) is 1.76. The molecule has 1 aromatic rings. The maximum atomic E-state index is 11.4. The molecule has 0 aromatic carbocycles. The Bertz CT molecular complexity index is 710. The molecule has 2 rings (SSSR count). The molecule has 134 valence electrons. The molecule has 11 heteroatoms. The molecule has 2 heterocycles. The van der Waals surface area contributed by atoms with Gasteiger partial charge in [0.15, 0.2) is 18.4 Å². The van der Waals surface area contributed by atoms with Crippen LogP contribution < -0.4 is 0 Å². The maximum Gasteiger partial charge on any atom is 0.303 e. The number of hydrogen-bond donors (Lipinski definition) is 0. The van der Waals surface area contributed by atoms with Crippen molar-refractivity contribution in [2.45, 2.75) is 45.3 Å². The molecule has 11 nitrogen and oxygen atoms in total. The van der Waals surface area contributed by atoms with Gasteiger partial charge < -0.3 is 18.9 Å². The summed E-state index contributed by atoms with van der Waals surface area (Å²) in [6.45, 7) is 3.36. The Morgan fingerprint density at radius 1 is 1.20 bits per heavy atom. The van der Waals surface area contributed by atoms with Gasteiger partial charge in [-0.2, -0.15) is 5.26 Å². The Hall–Kier alpha value is -3.00. The van der Waals surface area contributed by atoms with Gasteiger partial charge in [0.05, 0.1) is 0 Å². The number of hydrogen-bond acceptors (Lipinski definition) is 10. The van der Waals surface area contributed by atoms with E-state index in [1.165, 1.54) is 31.8 Å². The third-order valence-corrected chi connectivity index (χ3v) is 3.21. The van der Waals surface area contributed by atoms with E-state index in [9.17, 15) is 14.4 Å². The lowest BCUT2D eigenvalue weighted by Crippen LogP contribution is -2.40. The van der Waals surface area contributed by atoms with E-state index in [1.54, 1.807) is 6.07 Å². The summed E-state index contributed by atoms with van der Waals surface area (Å²) < 4.78 is 22.2. The van der Waals surface area contributed by atoms with E-state index in [1.807, 2.05) is 0 Å². The van der Waals surface area contributed by atoms with Crippen LogP contribution >= 0.6 is 0 Å². The van der Waals surface area contributed by atoms with Crippen LogP contribution in [-0.2, 0) is 33.3 Å². The normalized spacial score (nSPS) is 25.0. The number of nitrogens with zero attached hydrogens (tertiary/aromatic N) is 4. The molecule has 25 heavy (non-hydrogen) atoms. The van der Waals surface area contributed by atoms with Gasteiger partial charge in [-0.1, -0.05) is 0 Å². The molecule has 0 N–H and O–H groups in total. The average Bonchev–Trinajstić information content (AvgIpc) is 3.10. The van der Waals surface area contributed by atoms with Crippen molar-refractivity contribution in [2.24, 2.45) is 0 Å². The Morgan fingerprint density at radius 2 is 1.84 bits per heavy atom. The lowest BCUT2D eigenvalue weighted by molar-refractivity contribution is -0.166. The van der Waals surface area contributed by atoms with Gasteiger partial charge in [-0.25, -0.2) is 9.67 Å². The number of aromatic nitrogens is 3. The van der Waals surface area contributed by atoms with Crippen LogP contribution in [0.5, 0.6) is 0 Å². The summed E-state index contributed by atoms with van der Waals surface area (Å²) in [5, 5.41) is 12.7. The highest BCUT2D eigenvalue weighted by molar-refractivity contribution is 5.67. The molecule has 0 amide bonds. The van der Waals surface area contributed by atoms with E-state index in [4.69, 9.17) is 24.2 Å². The van der Waals surface area contributed by atoms with Crippen LogP contribution in [0, 0.1) is 11.3 Å². The number of esters is 3. The highest BCUT2D eigenvalue weighted by atomic mass is 16.7. The van der Waals surface area contributed by atoms with Crippen LogP contribution in [0.25, 0.3) is 0 Å². The molecule has 1 saturated heterocycles. The number of carbonyl (C=O) groups is 3. The van der Waals surface area contributed by atoms with Crippen molar-refractivity contribution >= 4 is 17.9 Å². The van der Waals surface area contributed by atoms with Gasteiger partial charge in [-0.05, 0) is 0 Å². The predicted molar refractivity (Wildman–Crippen MR) is 76.4 cm³/mol. The fourth-order valence-corrected chi connectivity index (χ4v) is 2.35. The van der Waals surface area contributed by atoms with E-state index in [0.29, 0.717) is 0 Å². The molecular formula is C14H16N4O7. The number of nitriles is 1. The molecule has 0 bridgehead atoms. The van der Waals surface area contributed by atoms with E-state index in [-0.39, 0.29) is 12.4 Å². The summed E-state index contributed by atoms with van der Waals surface area (Å²) in [5.41, 5.74) is 0.